The number of halogens is 3. The fraction of sp³-hybridized carbons (Fsp3) is 0.222. The molecule has 204 valence electrons. The minimum Gasteiger partial charge on any atom is -0.364 e. The van der Waals surface area contributed by atoms with E-state index >= 15 is 0 Å². The lowest BCUT2D eigenvalue weighted by Gasteiger charge is -2.24. The van der Waals surface area contributed by atoms with E-state index in [1.165, 1.54) is 16.8 Å². The highest BCUT2D eigenvalue weighted by atomic mass is 35.5. The van der Waals surface area contributed by atoms with Crippen molar-refractivity contribution in [3.8, 4) is 11.8 Å². The van der Waals surface area contributed by atoms with Crippen molar-refractivity contribution in [1.82, 2.24) is 30.2 Å². The lowest BCUT2D eigenvalue weighted by Crippen LogP contribution is -2.46. The van der Waals surface area contributed by atoms with Crippen LogP contribution in [0.5, 0.6) is 0 Å². The fourth-order valence-electron chi connectivity index (χ4n) is 4.54. The number of primary amides is 1. The summed E-state index contributed by atoms with van der Waals surface area (Å²) in [5.74, 6) is 3.21. The van der Waals surface area contributed by atoms with E-state index in [9.17, 15) is 23.2 Å². The SMILES string of the molecule is NC(=O)c1nn(CC(=O)N2CC(F)CC2C(=O)NCc2cccc(Cl)c2F)c2ccc(C#Cc3cn[nH]c3)cc12. The first-order chi connectivity index (χ1) is 19.2. The summed E-state index contributed by atoms with van der Waals surface area (Å²) in [5.41, 5.74) is 7.32. The minimum absolute atomic E-state index is 0.0580. The number of aromatic amines is 1. The topological polar surface area (TPSA) is 139 Å². The molecule has 1 aliphatic heterocycles. The van der Waals surface area contributed by atoms with Crippen LogP contribution >= 0.6 is 11.6 Å². The van der Waals surface area contributed by atoms with Crippen LogP contribution < -0.4 is 11.1 Å². The van der Waals surface area contributed by atoms with Gasteiger partial charge in [-0.1, -0.05) is 35.6 Å². The molecule has 0 bridgehead atoms. The molecule has 2 atom stereocenters. The molecular weight excluding hydrogens is 544 g/mol. The molecule has 2 aromatic heterocycles. The van der Waals surface area contributed by atoms with Crippen molar-refractivity contribution in [2.75, 3.05) is 6.54 Å². The summed E-state index contributed by atoms with van der Waals surface area (Å²) in [4.78, 5) is 39.4. The highest BCUT2D eigenvalue weighted by molar-refractivity contribution is 6.30. The molecule has 10 nitrogen and oxygen atoms in total. The van der Waals surface area contributed by atoms with E-state index in [-0.39, 0.29) is 42.3 Å². The Morgan fingerprint density at radius 2 is 2.00 bits per heavy atom. The predicted octanol–water partition coefficient (Wildman–Crippen LogP) is 2.31. The summed E-state index contributed by atoms with van der Waals surface area (Å²) in [6, 6.07) is 8.26. The van der Waals surface area contributed by atoms with Gasteiger partial charge in [0.25, 0.3) is 5.91 Å². The molecule has 0 radical (unpaired) electrons. The number of benzene rings is 2. The average molecular weight is 566 g/mol. The summed E-state index contributed by atoms with van der Waals surface area (Å²) in [6.07, 6.45) is 1.57. The number of nitrogens with zero attached hydrogens (tertiary/aromatic N) is 4. The van der Waals surface area contributed by atoms with Crippen LogP contribution in [0.4, 0.5) is 8.78 Å². The van der Waals surface area contributed by atoms with Crippen LogP contribution in [0, 0.1) is 17.7 Å². The Morgan fingerprint density at radius 3 is 2.75 bits per heavy atom. The smallest absolute Gasteiger partial charge is 0.269 e. The number of aromatic nitrogens is 4. The van der Waals surface area contributed by atoms with E-state index in [4.69, 9.17) is 17.3 Å². The number of nitrogens with one attached hydrogen (secondary N) is 2. The Labute approximate surface area is 231 Å². The Hall–Kier alpha value is -4.76. The van der Waals surface area contributed by atoms with Crippen molar-refractivity contribution in [2.24, 2.45) is 5.73 Å². The lowest BCUT2D eigenvalue weighted by molar-refractivity contribution is -0.139. The predicted molar refractivity (Wildman–Crippen MR) is 141 cm³/mol. The molecule has 0 saturated carbocycles. The Kier molecular flexibility index (Phi) is 7.48. The summed E-state index contributed by atoms with van der Waals surface area (Å²) < 4.78 is 29.9. The van der Waals surface area contributed by atoms with Gasteiger partial charge in [0.2, 0.25) is 11.8 Å². The molecule has 1 aliphatic rings. The molecule has 2 aromatic carbocycles. The second kappa shape index (κ2) is 11.2. The zero-order chi connectivity index (χ0) is 28.4. The van der Waals surface area contributed by atoms with E-state index in [1.54, 1.807) is 36.7 Å². The highest BCUT2D eigenvalue weighted by Crippen LogP contribution is 2.24. The van der Waals surface area contributed by atoms with E-state index in [0.29, 0.717) is 22.0 Å². The molecule has 1 saturated heterocycles. The van der Waals surface area contributed by atoms with Crippen LogP contribution in [-0.4, -0.2) is 61.4 Å². The number of carbonyl (C=O) groups excluding carboxylic acids is 3. The lowest BCUT2D eigenvalue weighted by atomic mass is 10.1. The van der Waals surface area contributed by atoms with Gasteiger partial charge in [-0.2, -0.15) is 10.2 Å². The number of hydrogen-bond donors (Lipinski definition) is 3. The van der Waals surface area contributed by atoms with Crippen molar-refractivity contribution in [3.63, 3.8) is 0 Å². The standard InChI is InChI=1S/C27H22ClF2N7O3/c28-20-3-1-2-17(24(20)30)12-32-27(40)22-9-18(29)13-36(22)23(38)14-37-21-7-6-15(4-5-16-10-33-34-11-16)8-19(21)25(35-37)26(31)39/h1-3,6-8,10-11,18,22H,9,12-14H2,(H2,31,39)(H,32,40)(H,33,34). The van der Waals surface area contributed by atoms with Gasteiger partial charge in [0.05, 0.1) is 28.8 Å². The number of carbonyl (C=O) groups is 3. The minimum atomic E-state index is -1.42. The van der Waals surface area contributed by atoms with Crippen molar-refractivity contribution in [3.05, 3.63) is 82.0 Å². The van der Waals surface area contributed by atoms with Crippen LogP contribution in [0.3, 0.4) is 0 Å². The van der Waals surface area contributed by atoms with E-state index < -0.39 is 35.8 Å². The van der Waals surface area contributed by atoms with E-state index in [2.05, 4.69) is 32.5 Å². The zero-order valence-corrected chi connectivity index (χ0v) is 21.6. The first kappa shape index (κ1) is 26.8. The maximum atomic E-state index is 14.4. The summed E-state index contributed by atoms with van der Waals surface area (Å²) in [7, 11) is 0. The maximum Gasteiger partial charge on any atom is 0.269 e. The average Bonchev–Trinajstić information content (AvgIpc) is 3.67. The van der Waals surface area contributed by atoms with Gasteiger partial charge >= 0.3 is 0 Å². The summed E-state index contributed by atoms with van der Waals surface area (Å²) in [6.45, 7) is -0.848. The molecule has 3 amide bonds. The third-order valence-corrected chi connectivity index (χ3v) is 6.77. The first-order valence-electron chi connectivity index (χ1n) is 12.2. The third-order valence-electron chi connectivity index (χ3n) is 6.48. The van der Waals surface area contributed by atoms with Crippen LogP contribution in [0.15, 0.2) is 48.8 Å². The Bertz CT molecular complexity index is 1680. The molecule has 0 spiro atoms. The first-order valence-corrected chi connectivity index (χ1v) is 12.5. The molecule has 13 heteroatoms. The highest BCUT2D eigenvalue weighted by Gasteiger charge is 2.40. The number of amides is 3. The van der Waals surface area contributed by atoms with Crippen LogP contribution in [0.1, 0.15) is 33.6 Å². The van der Waals surface area contributed by atoms with Gasteiger partial charge in [-0.05, 0) is 24.3 Å². The maximum absolute atomic E-state index is 14.4. The Balaban J connectivity index is 1.35. The molecule has 2 unspecified atom stereocenters. The monoisotopic (exact) mass is 565 g/mol. The van der Waals surface area contributed by atoms with Gasteiger partial charge in [0, 0.05) is 35.7 Å². The van der Waals surface area contributed by atoms with Gasteiger partial charge in [-0.3, -0.25) is 24.2 Å². The second-order valence-corrected chi connectivity index (χ2v) is 9.57. The molecule has 4 aromatic rings. The fourth-order valence-corrected chi connectivity index (χ4v) is 4.73. The largest absolute Gasteiger partial charge is 0.364 e. The molecule has 0 aliphatic carbocycles. The second-order valence-electron chi connectivity index (χ2n) is 9.17. The molecular formula is C27H22ClF2N7O3. The summed E-state index contributed by atoms with van der Waals surface area (Å²) >= 11 is 5.79. The quantitative estimate of drug-likeness (QED) is 0.308. The van der Waals surface area contributed by atoms with Gasteiger partial charge in [0.15, 0.2) is 5.69 Å². The van der Waals surface area contributed by atoms with E-state index in [1.807, 2.05) is 0 Å². The van der Waals surface area contributed by atoms with Gasteiger partial charge < -0.3 is 16.0 Å². The van der Waals surface area contributed by atoms with E-state index in [0.717, 1.165) is 4.90 Å². The number of hydrogen-bond acceptors (Lipinski definition) is 5. The van der Waals surface area contributed by atoms with Gasteiger partial charge in [-0.15, -0.1) is 0 Å². The number of H-pyrrole nitrogens is 1. The molecule has 5 rings (SSSR count). The van der Waals surface area contributed by atoms with Crippen molar-refractivity contribution >= 4 is 40.2 Å². The van der Waals surface area contributed by atoms with Crippen molar-refractivity contribution in [1.29, 1.82) is 0 Å². The summed E-state index contributed by atoms with van der Waals surface area (Å²) in [5, 5.41) is 13.6. The molecule has 4 N–H and O–H groups in total. The Morgan fingerprint density at radius 1 is 1.20 bits per heavy atom. The van der Waals surface area contributed by atoms with Crippen LogP contribution in [-0.2, 0) is 22.7 Å². The van der Waals surface area contributed by atoms with Gasteiger partial charge in [-0.25, -0.2) is 8.78 Å². The number of alkyl halides is 1. The van der Waals surface area contributed by atoms with Gasteiger partial charge in [0.1, 0.15) is 24.6 Å². The number of rotatable bonds is 6. The number of nitrogens with two attached hydrogens (primary N) is 1. The van der Waals surface area contributed by atoms with Crippen molar-refractivity contribution < 1.29 is 23.2 Å². The molecule has 3 heterocycles. The third kappa shape index (κ3) is 5.50. The normalized spacial score (nSPS) is 16.5. The van der Waals surface area contributed by atoms with Crippen LogP contribution in [0.25, 0.3) is 10.9 Å². The van der Waals surface area contributed by atoms with Crippen molar-refractivity contribution in [2.45, 2.75) is 31.7 Å². The van der Waals surface area contributed by atoms with Crippen LogP contribution in [0.2, 0.25) is 5.02 Å². The number of fused-ring (bicyclic) bond motifs is 1. The molecule has 1 fully saturated rings. The molecule has 40 heavy (non-hydrogen) atoms. The number of likely N-dealkylation sites (tertiary alicyclic amines) is 1. The zero-order valence-electron chi connectivity index (χ0n) is 20.8.